The first-order chi connectivity index (χ1) is 15.1. The van der Waals surface area contributed by atoms with Crippen LogP contribution >= 0.6 is 23.4 Å². The maximum Gasteiger partial charge on any atom is 0.257 e. The quantitative estimate of drug-likeness (QED) is 0.443. The largest absolute Gasteiger partial charge is 0.343 e. The van der Waals surface area contributed by atoms with E-state index in [1.165, 1.54) is 11.8 Å². The van der Waals surface area contributed by atoms with Gasteiger partial charge in [0.25, 0.3) is 5.56 Å². The van der Waals surface area contributed by atoms with Crippen molar-refractivity contribution in [1.29, 1.82) is 0 Å². The van der Waals surface area contributed by atoms with Gasteiger partial charge in [-0.1, -0.05) is 47.6 Å². The first kappa shape index (κ1) is 20.0. The zero-order chi connectivity index (χ0) is 21.4. The summed E-state index contributed by atoms with van der Waals surface area (Å²) in [6, 6.07) is 11.3. The lowest BCUT2D eigenvalue weighted by atomic mass is 9.77. The molecule has 0 saturated carbocycles. The lowest BCUT2D eigenvalue weighted by Gasteiger charge is -2.32. The van der Waals surface area contributed by atoms with E-state index in [2.05, 4.69) is 15.3 Å². The van der Waals surface area contributed by atoms with E-state index in [0.29, 0.717) is 39.3 Å². The van der Waals surface area contributed by atoms with Gasteiger partial charge in [-0.05, 0) is 36.1 Å². The summed E-state index contributed by atoms with van der Waals surface area (Å²) in [4.78, 5) is 37.8. The number of ketones is 1. The second kappa shape index (κ2) is 8.32. The molecule has 1 atom stereocenters. The van der Waals surface area contributed by atoms with Gasteiger partial charge in [0.2, 0.25) is 0 Å². The van der Waals surface area contributed by atoms with E-state index in [4.69, 9.17) is 16.6 Å². The zero-order valence-corrected chi connectivity index (χ0v) is 18.1. The molecule has 0 spiro atoms. The SMILES string of the molecule is O=C1CCCC2=C1[C@H](c1cccnc1)c1c(nc(SCc3ccccc3Cl)[nH]c1=O)N2. The molecule has 0 fully saturated rings. The van der Waals surface area contributed by atoms with Crippen molar-refractivity contribution in [2.24, 2.45) is 0 Å². The van der Waals surface area contributed by atoms with Crippen LogP contribution in [0, 0.1) is 0 Å². The Morgan fingerprint density at radius 1 is 1.13 bits per heavy atom. The fourth-order valence-electron chi connectivity index (χ4n) is 4.15. The van der Waals surface area contributed by atoms with Crippen molar-refractivity contribution in [3.05, 3.63) is 92.1 Å². The maximum absolute atomic E-state index is 13.2. The summed E-state index contributed by atoms with van der Waals surface area (Å²) in [7, 11) is 0. The molecule has 8 heteroatoms. The molecule has 0 amide bonds. The molecule has 1 aromatic carbocycles. The number of carbonyl (C=O) groups is 1. The van der Waals surface area contributed by atoms with Gasteiger partial charge in [0.15, 0.2) is 10.9 Å². The van der Waals surface area contributed by atoms with Crippen LogP contribution in [0.1, 0.15) is 41.9 Å². The van der Waals surface area contributed by atoms with Crippen LogP contribution in [0.25, 0.3) is 0 Å². The lowest BCUT2D eigenvalue weighted by Crippen LogP contribution is -2.32. The zero-order valence-electron chi connectivity index (χ0n) is 16.5. The summed E-state index contributed by atoms with van der Waals surface area (Å²) in [6.07, 6.45) is 5.43. The van der Waals surface area contributed by atoms with Crippen molar-refractivity contribution in [1.82, 2.24) is 15.0 Å². The first-order valence-electron chi connectivity index (χ1n) is 10.1. The Balaban J connectivity index is 1.56. The Morgan fingerprint density at radius 3 is 2.81 bits per heavy atom. The van der Waals surface area contributed by atoms with Crippen molar-refractivity contribution in [3.63, 3.8) is 0 Å². The van der Waals surface area contributed by atoms with Gasteiger partial charge in [-0.15, -0.1) is 0 Å². The number of rotatable bonds is 4. The van der Waals surface area contributed by atoms with Gasteiger partial charge >= 0.3 is 0 Å². The number of nitrogens with zero attached hydrogens (tertiary/aromatic N) is 2. The van der Waals surface area contributed by atoms with E-state index < -0.39 is 5.92 Å². The number of H-pyrrole nitrogens is 1. The van der Waals surface area contributed by atoms with Gasteiger partial charge in [-0.25, -0.2) is 4.98 Å². The minimum absolute atomic E-state index is 0.0739. The second-order valence-electron chi connectivity index (χ2n) is 7.53. The Morgan fingerprint density at radius 2 is 2.00 bits per heavy atom. The number of hydrogen-bond acceptors (Lipinski definition) is 6. The highest BCUT2D eigenvalue weighted by molar-refractivity contribution is 7.98. The molecular formula is C23H19ClN4O2S. The van der Waals surface area contributed by atoms with Crippen molar-refractivity contribution < 1.29 is 4.79 Å². The third-order valence-corrected chi connectivity index (χ3v) is 6.87. The number of halogens is 1. The van der Waals surface area contributed by atoms with Gasteiger partial charge in [-0.3, -0.25) is 14.6 Å². The van der Waals surface area contributed by atoms with Gasteiger partial charge in [0.1, 0.15) is 5.82 Å². The van der Waals surface area contributed by atoms with E-state index in [9.17, 15) is 9.59 Å². The topological polar surface area (TPSA) is 87.7 Å². The smallest absolute Gasteiger partial charge is 0.257 e. The normalized spacial score (nSPS) is 17.7. The highest BCUT2D eigenvalue weighted by Gasteiger charge is 2.37. The highest BCUT2D eigenvalue weighted by Crippen LogP contribution is 2.43. The van der Waals surface area contributed by atoms with E-state index in [1.807, 2.05) is 36.4 Å². The molecule has 3 aromatic rings. The first-order valence-corrected chi connectivity index (χ1v) is 11.4. The molecule has 0 bridgehead atoms. The Bertz CT molecular complexity index is 1260. The van der Waals surface area contributed by atoms with Gasteiger partial charge in [-0.2, -0.15) is 0 Å². The van der Waals surface area contributed by atoms with Crippen molar-refractivity contribution in [2.45, 2.75) is 36.1 Å². The minimum Gasteiger partial charge on any atom is -0.343 e. The fourth-order valence-corrected chi connectivity index (χ4v) is 5.30. The van der Waals surface area contributed by atoms with E-state index in [-0.39, 0.29) is 11.3 Å². The predicted octanol–water partition coefficient (Wildman–Crippen LogP) is 4.68. The number of Topliss-reactive ketones (excluding diaryl/α,β-unsaturated/α-hetero) is 1. The number of thioether (sulfide) groups is 1. The number of aromatic amines is 1. The molecular weight excluding hydrogens is 432 g/mol. The monoisotopic (exact) mass is 450 g/mol. The minimum atomic E-state index is -0.466. The molecule has 2 N–H and O–H groups in total. The average molecular weight is 451 g/mol. The van der Waals surface area contributed by atoms with Crippen LogP contribution in [0.15, 0.2) is 70.0 Å². The summed E-state index contributed by atoms with van der Waals surface area (Å²) in [5.74, 6) is 0.698. The van der Waals surface area contributed by atoms with Crippen molar-refractivity contribution in [2.75, 3.05) is 5.32 Å². The molecule has 6 nitrogen and oxygen atoms in total. The second-order valence-corrected chi connectivity index (χ2v) is 8.90. The number of hydrogen-bond donors (Lipinski definition) is 2. The number of allylic oxidation sites excluding steroid dienone is 2. The summed E-state index contributed by atoms with van der Waals surface area (Å²) in [5, 5.41) is 4.48. The predicted molar refractivity (Wildman–Crippen MR) is 121 cm³/mol. The van der Waals surface area contributed by atoms with Crippen LogP contribution in [0.4, 0.5) is 5.82 Å². The molecule has 0 unspecified atom stereocenters. The Kier molecular flexibility index (Phi) is 5.38. The number of pyridine rings is 1. The van der Waals surface area contributed by atoms with Gasteiger partial charge < -0.3 is 10.3 Å². The van der Waals surface area contributed by atoms with Crippen molar-refractivity contribution in [3.8, 4) is 0 Å². The molecule has 2 aromatic heterocycles. The van der Waals surface area contributed by atoms with Crippen LogP contribution in [0.2, 0.25) is 5.02 Å². The number of benzene rings is 1. The molecule has 3 heterocycles. The highest BCUT2D eigenvalue weighted by atomic mass is 35.5. The van der Waals surface area contributed by atoms with Gasteiger partial charge in [0, 0.05) is 46.8 Å². The molecule has 0 radical (unpaired) electrons. The summed E-state index contributed by atoms with van der Waals surface area (Å²) >= 11 is 7.67. The van der Waals surface area contributed by atoms with Crippen LogP contribution in [-0.2, 0) is 10.5 Å². The lowest BCUT2D eigenvalue weighted by molar-refractivity contribution is -0.116. The Hall–Kier alpha value is -2.90. The van der Waals surface area contributed by atoms with E-state index >= 15 is 0 Å². The Labute approximate surface area is 188 Å². The summed E-state index contributed by atoms with van der Waals surface area (Å²) in [5.41, 5.74) is 3.52. The van der Waals surface area contributed by atoms with Crippen LogP contribution in [-0.4, -0.2) is 20.7 Å². The number of nitrogens with one attached hydrogen (secondary N) is 2. The summed E-state index contributed by atoms with van der Waals surface area (Å²) in [6.45, 7) is 0. The fraction of sp³-hybridized carbons (Fsp3) is 0.217. The van der Waals surface area contributed by atoms with E-state index in [0.717, 1.165) is 29.7 Å². The van der Waals surface area contributed by atoms with Crippen molar-refractivity contribution >= 4 is 35.0 Å². The number of fused-ring (bicyclic) bond motifs is 1. The third-order valence-electron chi connectivity index (χ3n) is 5.58. The molecule has 31 heavy (non-hydrogen) atoms. The summed E-state index contributed by atoms with van der Waals surface area (Å²) < 4.78 is 0. The average Bonchev–Trinajstić information content (AvgIpc) is 2.78. The third kappa shape index (κ3) is 3.79. The maximum atomic E-state index is 13.2. The number of carbonyl (C=O) groups excluding carboxylic acids is 1. The van der Waals surface area contributed by atoms with Gasteiger partial charge in [0.05, 0.1) is 5.56 Å². The van der Waals surface area contributed by atoms with Crippen LogP contribution in [0.5, 0.6) is 0 Å². The van der Waals surface area contributed by atoms with Crippen LogP contribution in [0.3, 0.4) is 0 Å². The number of anilines is 1. The molecule has 5 rings (SSSR count). The molecule has 2 aliphatic rings. The van der Waals surface area contributed by atoms with Crippen LogP contribution < -0.4 is 10.9 Å². The standard InChI is InChI=1S/C23H19ClN4O2S/c24-15-7-2-1-5-14(15)12-31-23-27-21-20(22(30)28-23)18(13-6-4-10-25-11-13)19-16(26-21)8-3-9-17(19)29/h1-2,4-7,10-11,18H,3,8-9,12H2,(H2,26,27,28,30)/t18-/m0/s1. The van der Waals surface area contributed by atoms with E-state index in [1.54, 1.807) is 12.4 Å². The molecule has 0 saturated heterocycles. The molecule has 1 aliphatic heterocycles. The molecule has 156 valence electrons. The molecule has 1 aliphatic carbocycles. The number of aromatic nitrogens is 3.